The van der Waals surface area contributed by atoms with Gasteiger partial charge in [0.2, 0.25) is 5.91 Å². The van der Waals surface area contributed by atoms with Gasteiger partial charge in [-0.2, -0.15) is 0 Å². The number of rotatable bonds is 4. The molecule has 0 aromatic heterocycles. The number of ketones is 1. The molecule has 2 aromatic carbocycles. The highest BCUT2D eigenvalue weighted by Gasteiger charge is 2.36. The first-order valence-electron chi connectivity index (χ1n) is 7.82. The van der Waals surface area contributed by atoms with Gasteiger partial charge in [-0.3, -0.25) is 19.3 Å². The minimum atomic E-state index is -0.665. The Labute approximate surface area is 140 Å². The third-order valence-electron chi connectivity index (χ3n) is 4.04. The molecular weight excluding hydrogens is 304 g/mol. The molecule has 5 heteroatoms. The number of Topliss-reactive ketones (excluding diaryl/α,β-unsaturated/α-hetero) is 1. The van der Waals surface area contributed by atoms with Crippen molar-refractivity contribution in [3.05, 3.63) is 59.7 Å². The van der Waals surface area contributed by atoms with Gasteiger partial charge in [0.05, 0.1) is 11.3 Å². The molecule has 1 aliphatic rings. The Balaban J connectivity index is 1.71. The van der Waals surface area contributed by atoms with E-state index < -0.39 is 11.7 Å². The van der Waals surface area contributed by atoms with E-state index in [2.05, 4.69) is 19.2 Å². The van der Waals surface area contributed by atoms with Crippen molar-refractivity contribution < 1.29 is 14.4 Å². The first kappa shape index (κ1) is 15.9. The van der Waals surface area contributed by atoms with Crippen molar-refractivity contribution in [2.45, 2.75) is 19.8 Å². The highest BCUT2D eigenvalue weighted by molar-refractivity contribution is 6.52. The average molecular weight is 322 g/mol. The van der Waals surface area contributed by atoms with Crippen LogP contribution in [-0.2, 0) is 9.59 Å². The van der Waals surface area contributed by atoms with Crippen molar-refractivity contribution in [1.29, 1.82) is 0 Å². The summed E-state index contributed by atoms with van der Waals surface area (Å²) in [5.41, 5.74) is 2.67. The van der Waals surface area contributed by atoms with E-state index in [0.29, 0.717) is 22.9 Å². The summed E-state index contributed by atoms with van der Waals surface area (Å²) in [5, 5.41) is 2.76. The third kappa shape index (κ3) is 2.93. The summed E-state index contributed by atoms with van der Waals surface area (Å²) < 4.78 is 0. The molecule has 0 bridgehead atoms. The quantitative estimate of drug-likeness (QED) is 0.880. The largest absolute Gasteiger partial charge is 0.325 e. The van der Waals surface area contributed by atoms with E-state index >= 15 is 0 Å². The number of carbonyl (C=O) groups excluding carboxylic acids is 3. The van der Waals surface area contributed by atoms with Crippen LogP contribution in [0.3, 0.4) is 0 Å². The maximum Gasteiger partial charge on any atom is 0.299 e. The SMILES string of the molecule is CC(C)c1ccc(NC(=O)CN2C(=O)C(=O)c3ccccc32)cc1. The molecular formula is C19H18N2O3. The zero-order valence-corrected chi connectivity index (χ0v) is 13.6. The molecule has 5 nitrogen and oxygen atoms in total. The summed E-state index contributed by atoms with van der Waals surface area (Å²) in [6, 6.07) is 14.3. The molecule has 2 amide bonds. The third-order valence-corrected chi connectivity index (χ3v) is 4.04. The van der Waals surface area contributed by atoms with Crippen LogP contribution in [0.15, 0.2) is 48.5 Å². The van der Waals surface area contributed by atoms with Crippen molar-refractivity contribution in [2.75, 3.05) is 16.8 Å². The van der Waals surface area contributed by atoms with E-state index in [9.17, 15) is 14.4 Å². The second kappa shape index (κ2) is 6.28. The topological polar surface area (TPSA) is 66.5 Å². The van der Waals surface area contributed by atoms with Gasteiger partial charge in [-0.1, -0.05) is 38.1 Å². The Morgan fingerprint density at radius 2 is 1.71 bits per heavy atom. The summed E-state index contributed by atoms with van der Waals surface area (Å²) in [4.78, 5) is 37.4. The molecule has 0 aliphatic carbocycles. The summed E-state index contributed by atoms with van der Waals surface area (Å²) in [5.74, 6) is -1.16. The van der Waals surface area contributed by atoms with Crippen LogP contribution in [0.1, 0.15) is 35.7 Å². The number of anilines is 2. The van der Waals surface area contributed by atoms with Crippen molar-refractivity contribution in [2.24, 2.45) is 0 Å². The minimum absolute atomic E-state index is 0.187. The number of hydrogen-bond donors (Lipinski definition) is 1. The van der Waals surface area contributed by atoms with Crippen molar-refractivity contribution in [1.82, 2.24) is 0 Å². The molecule has 0 saturated carbocycles. The molecule has 0 atom stereocenters. The number of amides is 2. The number of para-hydroxylation sites is 1. The van der Waals surface area contributed by atoms with Gasteiger partial charge < -0.3 is 5.32 Å². The highest BCUT2D eigenvalue weighted by atomic mass is 16.2. The van der Waals surface area contributed by atoms with Crippen LogP contribution in [0.2, 0.25) is 0 Å². The average Bonchev–Trinajstić information content (AvgIpc) is 2.81. The monoisotopic (exact) mass is 322 g/mol. The molecule has 1 aliphatic heterocycles. The van der Waals surface area contributed by atoms with E-state index in [1.165, 1.54) is 10.5 Å². The fraction of sp³-hybridized carbons (Fsp3) is 0.211. The lowest BCUT2D eigenvalue weighted by Gasteiger charge is -2.16. The molecule has 0 saturated heterocycles. The molecule has 1 N–H and O–H groups in total. The van der Waals surface area contributed by atoms with Crippen molar-refractivity contribution in [3.63, 3.8) is 0 Å². The second-order valence-electron chi connectivity index (χ2n) is 6.06. The molecule has 0 fully saturated rings. The maximum absolute atomic E-state index is 12.2. The molecule has 0 radical (unpaired) electrons. The van der Waals surface area contributed by atoms with E-state index in [1.807, 2.05) is 24.3 Å². The first-order valence-corrected chi connectivity index (χ1v) is 7.82. The van der Waals surface area contributed by atoms with Crippen LogP contribution in [0.25, 0.3) is 0 Å². The number of nitrogens with one attached hydrogen (secondary N) is 1. The van der Waals surface area contributed by atoms with Crippen LogP contribution in [0.4, 0.5) is 11.4 Å². The van der Waals surface area contributed by atoms with E-state index in [1.54, 1.807) is 24.3 Å². The molecule has 122 valence electrons. The lowest BCUT2D eigenvalue weighted by molar-refractivity contribution is -0.118. The van der Waals surface area contributed by atoms with Gasteiger partial charge in [0.1, 0.15) is 6.54 Å². The Hall–Kier alpha value is -2.95. The number of carbonyl (C=O) groups is 3. The predicted molar refractivity (Wildman–Crippen MR) is 92.3 cm³/mol. The van der Waals surface area contributed by atoms with Gasteiger partial charge in [-0.25, -0.2) is 0 Å². The lowest BCUT2D eigenvalue weighted by Crippen LogP contribution is -2.37. The van der Waals surface area contributed by atoms with Crippen LogP contribution < -0.4 is 10.2 Å². The molecule has 1 heterocycles. The van der Waals surface area contributed by atoms with Gasteiger partial charge in [-0.15, -0.1) is 0 Å². The van der Waals surface area contributed by atoms with Crippen LogP contribution in [0, 0.1) is 0 Å². The molecule has 2 aromatic rings. The zero-order chi connectivity index (χ0) is 17.3. The molecule has 0 unspecified atom stereocenters. The summed E-state index contributed by atoms with van der Waals surface area (Å²) in [6.45, 7) is 4.01. The first-order chi connectivity index (χ1) is 11.5. The van der Waals surface area contributed by atoms with Crippen LogP contribution in [0.5, 0.6) is 0 Å². The highest BCUT2D eigenvalue weighted by Crippen LogP contribution is 2.28. The Morgan fingerprint density at radius 3 is 2.38 bits per heavy atom. The Kier molecular flexibility index (Phi) is 4.16. The van der Waals surface area contributed by atoms with E-state index in [4.69, 9.17) is 0 Å². The number of nitrogens with zero attached hydrogens (tertiary/aromatic N) is 1. The summed E-state index contributed by atoms with van der Waals surface area (Å²) in [7, 11) is 0. The van der Waals surface area contributed by atoms with Gasteiger partial charge in [0, 0.05) is 5.69 Å². The van der Waals surface area contributed by atoms with Crippen molar-refractivity contribution >= 4 is 29.0 Å². The lowest BCUT2D eigenvalue weighted by atomic mass is 10.0. The van der Waals surface area contributed by atoms with Crippen molar-refractivity contribution in [3.8, 4) is 0 Å². The Bertz CT molecular complexity index is 810. The van der Waals surface area contributed by atoms with Gasteiger partial charge in [0.25, 0.3) is 11.7 Å². The number of fused-ring (bicyclic) bond motifs is 1. The van der Waals surface area contributed by atoms with E-state index in [-0.39, 0.29) is 12.5 Å². The molecule has 0 spiro atoms. The van der Waals surface area contributed by atoms with Gasteiger partial charge in [-0.05, 0) is 35.7 Å². The fourth-order valence-corrected chi connectivity index (χ4v) is 2.70. The zero-order valence-electron chi connectivity index (χ0n) is 13.6. The normalized spacial score (nSPS) is 13.4. The fourth-order valence-electron chi connectivity index (χ4n) is 2.70. The number of benzene rings is 2. The maximum atomic E-state index is 12.2. The van der Waals surface area contributed by atoms with Crippen LogP contribution in [-0.4, -0.2) is 24.1 Å². The molecule has 24 heavy (non-hydrogen) atoms. The predicted octanol–water partition coefficient (Wildman–Crippen LogP) is 2.98. The summed E-state index contributed by atoms with van der Waals surface area (Å²) in [6.07, 6.45) is 0. The minimum Gasteiger partial charge on any atom is -0.325 e. The summed E-state index contributed by atoms with van der Waals surface area (Å²) >= 11 is 0. The second-order valence-corrected chi connectivity index (χ2v) is 6.06. The Morgan fingerprint density at radius 1 is 1.04 bits per heavy atom. The van der Waals surface area contributed by atoms with Gasteiger partial charge in [0.15, 0.2) is 0 Å². The molecule has 3 rings (SSSR count). The van der Waals surface area contributed by atoms with Crippen LogP contribution >= 0.6 is 0 Å². The smallest absolute Gasteiger partial charge is 0.299 e. The number of hydrogen-bond acceptors (Lipinski definition) is 3. The standard InChI is InChI=1S/C19H18N2O3/c1-12(2)13-7-9-14(10-8-13)20-17(22)11-21-16-6-4-3-5-15(16)18(23)19(21)24/h3-10,12H,11H2,1-2H3,(H,20,22). The van der Waals surface area contributed by atoms with Gasteiger partial charge >= 0.3 is 0 Å². The van der Waals surface area contributed by atoms with E-state index in [0.717, 1.165) is 0 Å².